The summed E-state index contributed by atoms with van der Waals surface area (Å²) in [4.78, 5) is 4.67. The highest BCUT2D eigenvalue weighted by Gasteiger charge is 2.07. The maximum Gasteiger partial charge on any atom is 0.133 e. The molecule has 0 aliphatic rings. The first-order valence-electron chi connectivity index (χ1n) is 9.41. The van der Waals surface area contributed by atoms with Crippen molar-refractivity contribution in [3.63, 3.8) is 0 Å². The molecule has 4 N–H and O–H groups in total. The van der Waals surface area contributed by atoms with E-state index in [4.69, 9.17) is 16.2 Å². The summed E-state index contributed by atoms with van der Waals surface area (Å²) in [6, 6.07) is 13.9. The highest BCUT2D eigenvalue weighted by atomic mass is 32.2. The Morgan fingerprint density at radius 2 is 1.65 bits per heavy atom. The Labute approximate surface area is 161 Å². The minimum Gasteiger partial charge on any atom is -0.492 e. The third-order valence-corrected chi connectivity index (χ3v) is 5.14. The molecule has 0 bridgehead atoms. The largest absolute Gasteiger partial charge is 0.492 e. The molecule has 0 unspecified atom stereocenters. The molecule has 2 aromatic carbocycles. The van der Waals surface area contributed by atoms with Crippen molar-refractivity contribution in [3.8, 4) is 5.75 Å². The van der Waals surface area contributed by atoms with Gasteiger partial charge in [-0.1, -0.05) is 37.7 Å². The van der Waals surface area contributed by atoms with Crippen molar-refractivity contribution in [2.45, 2.75) is 42.9 Å². The van der Waals surface area contributed by atoms with E-state index in [9.17, 15) is 0 Å². The Morgan fingerprint density at radius 1 is 0.923 bits per heavy atom. The fourth-order valence-electron chi connectivity index (χ4n) is 2.84. The highest BCUT2D eigenvalue weighted by Crippen LogP contribution is 2.36. The Hall–Kier alpha value is -1.85. The Bertz CT molecular complexity index is 672. The van der Waals surface area contributed by atoms with Crippen LogP contribution in [0.5, 0.6) is 5.75 Å². The predicted molar refractivity (Wildman–Crippen MR) is 113 cm³/mol. The van der Waals surface area contributed by atoms with E-state index >= 15 is 0 Å². The average Bonchev–Trinajstić information content (AvgIpc) is 2.63. The van der Waals surface area contributed by atoms with Gasteiger partial charge < -0.3 is 21.1 Å². The smallest absolute Gasteiger partial charge is 0.133 e. The first-order chi connectivity index (χ1) is 12.6. The van der Waals surface area contributed by atoms with Gasteiger partial charge in [-0.05, 0) is 62.7 Å². The molecule has 0 fully saturated rings. The molecule has 0 saturated carbocycles. The number of hydrogen-bond acceptors (Lipinski definition) is 5. The van der Waals surface area contributed by atoms with Crippen LogP contribution in [0.15, 0.2) is 52.3 Å². The van der Waals surface area contributed by atoms with Gasteiger partial charge in [0.2, 0.25) is 0 Å². The predicted octanol–water partition coefficient (Wildman–Crippen LogP) is 4.89. The number of nitrogen functional groups attached to an aromatic ring is 2. The van der Waals surface area contributed by atoms with Crippen LogP contribution in [0.2, 0.25) is 0 Å². The molecule has 0 aliphatic carbocycles. The Morgan fingerprint density at radius 3 is 2.35 bits per heavy atom. The van der Waals surface area contributed by atoms with E-state index < -0.39 is 0 Å². The molecule has 0 saturated heterocycles. The van der Waals surface area contributed by atoms with Crippen LogP contribution >= 0.6 is 11.8 Å². The van der Waals surface area contributed by atoms with E-state index in [1.807, 2.05) is 36.4 Å². The van der Waals surface area contributed by atoms with Gasteiger partial charge in [0.05, 0.1) is 22.9 Å². The standard InChI is InChI=1S/C21H31N3OS/c1-3-12-24(13-4-2)14-7-15-25-20-8-5-6-9-21(20)26-17-10-11-18(22)19(23)16-17/h5-6,8-11,16H,3-4,7,12-15,22-23H2,1-2H3. The van der Waals surface area contributed by atoms with Crippen LogP contribution in [0.4, 0.5) is 11.4 Å². The molecular weight excluding hydrogens is 342 g/mol. The number of nitrogens with zero attached hydrogens (tertiary/aromatic N) is 1. The molecule has 2 aromatic rings. The molecule has 4 nitrogen and oxygen atoms in total. The average molecular weight is 374 g/mol. The second-order valence-electron chi connectivity index (χ2n) is 6.38. The number of ether oxygens (including phenoxy) is 1. The van der Waals surface area contributed by atoms with Crippen molar-refractivity contribution in [1.29, 1.82) is 0 Å². The maximum absolute atomic E-state index is 6.07. The number of benzene rings is 2. The second kappa shape index (κ2) is 11.0. The van der Waals surface area contributed by atoms with E-state index in [1.165, 1.54) is 25.9 Å². The van der Waals surface area contributed by atoms with E-state index in [0.717, 1.165) is 35.1 Å². The lowest BCUT2D eigenvalue weighted by Crippen LogP contribution is -2.27. The fourth-order valence-corrected chi connectivity index (χ4v) is 3.79. The lowest BCUT2D eigenvalue weighted by atomic mass is 10.3. The van der Waals surface area contributed by atoms with Gasteiger partial charge in [0.15, 0.2) is 0 Å². The number of hydrogen-bond donors (Lipinski definition) is 2. The lowest BCUT2D eigenvalue weighted by Gasteiger charge is -2.21. The summed E-state index contributed by atoms with van der Waals surface area (Å²) in [5.41, 5.74) is 12.9. The molecule has 0 radical (unpaired) electrons. The molecule has 5 heteroatoms. The quantitative estimate of drug-likeness (QED) is 0.433. The summed E-state index contributed by atoms with van der Waals surface area (Å²) in [6.07, 6.45) is 3.43. The third kappa shape index (κ3) is 6.46. The number of para-hydroxylation sites is 1. The van der Waals surface area contributed by atoms with Crippen molar-refractivity contribution in [3.05, 3.63) is 42.5 Å². The van der Waals surface area contributed by atoms with Gasteiger partial charge >= 0.3 is 0 Å². The number of nitrogens with two attached hydrogens (primary N) is 2. The zero-order valence-corrected chi connectivity index (χ0v) is 16.7. The first-order valence-corrected chi connectivity index (χ1v) is 10.2. The summed E-state index contributed by atoms with van der Waals surface area (Å²) in [6.45, 7) is 8.61. The van der Waals surface area contributed by atoms with E-state index in [1.54, 1.807) is 11.8 Å². The van der Waals surface area contributed by atoms with Crippen molar-refractivity contribution in [1.82, 2.24) is 4.90 Å². The molecule has 0 aliphatic heterocycles. The fraction of sp³-hybridized carbons (Fsp3) is 0.429. The Balaban J connectivity index is 1.91. The number of anilines is 2. The van der Waals surface area contributed by atoms with Gasteiger partial charge in [0.1, 0.15) is 5.75 Å². The van der Waals surface area contributed by atoms with Gasteiger partial charge in [0.25, 0.3) is 0 Å². The zero-order valence-electron chi connectivity index (χ0n) is 15.9. The third-order valence-electron chi connectivity index (χ3n) is 4.09. The van der Waals surface area contributed by atoms with Gasteiger partial charge in [-0.2, -0.15) is 0 Å². The molecule has 0 atom stereocenters. The van der Waals surface area contributed by atoms with Crippen molar-refractivity contribution in [2.24, 2.45) is 0 Å². The van der Waals surface area contributed by atoms with Crippen LogP contribution in [0.3, 0.4) is 0 Å². The molecule has 0 amide bonds. The monoisotopic (exact) mass is 373 g/mol. The van der Waals surface area contributed by atoms with E-state index in [0.29, 0.717) is 11.4 Å². The number of rotatable bonds is 11. The molecular formula is C21H31N3OS. The van der Waals surface area contributed by atoms with Crippen molar-refractivity contribution in [2.75, 3.05) is 37.7 Å². The van der Waals surface area contributed by atoms with Crippen molar-refractivity contribution < 1.29 is 4.74 Å². The lowest BCUT2D eigenvalue weighted by molar-refractivity contribution is 0.232. The molecule has 26 heavy (non-hydrogen) atoms. The van der Waals surface area contributed by atoms with Crippen LogP contribution in [-0.2, 0) is 0 Å². The molecule has 2 rings (SSSR count). The van der Waals surface area contributed by atoms with Crippen LogP contribution < -0.4 is 16.2 Å². The zero-order chi connectivity index (χ0) is 18.8. The SMILES string of the molecule is CCCN(CCC)CCCOc1ccccc1Sc1ccc(N)c(N)c1. The van der Waals surface area contributed by atoms with Gasteiger partial charge in [-0.3, -0.25) is 0 Å². The molecule has 0 heterocycles. The minimum absolute atomic E-state index is 0.611. The molecule has 0 aromatic heterocycles. The van der Waals surface area contributed by atoms with Gasteiger partial charge in [0, 0.05) is 11.4 Å². The van der Waals surface area contributed by atoms with Crippen LogP contribution in [0.25, 0.3) is 0 Å². The van der Waals surface area contributed by atoms with Crippen LogP contribution in [0, 0.1) is 0 Å². The summed E-state index contributed by atoms with van der Waals surface area (Å²) in [5, 5.41) is 0. The van der Waals surface area contributed by atoms with Crippen LogP contribution in [0.1, 0.15) is 33.1 Å². The van der Waals surface area contributed by atoms with Crippen molar-refractivity contribution >= 4 is 23.1 Å². The van der Waals surface area contributed by atoms with E-state index in [2.05, 4.69) is 24.8 Å². The summed E-state index contributed by atoms with van der Waals surface area (Å²) in [5.74, 6) is 0.922. The minimum atomic E-state index is 0.611. The summed E-state index contributed by atoms with van der Waals surface area (Å²) < 4.78 is 6.07. The Kier molecular flexibility index (Phi) is 8.65. The molecule has 0 spiro atoms. The highest BCUT2D eigenvalue weighted by molar-refractivity contribution is 7.99. The summed E-state index contributed by atoms with van der Waals surface area (Å²) in [7, 11) is 0. The normalized spacial score (nSPS) is 11.0. The van der Waals surface area contributed by atoms with Gasteiger partial charge in [-0.15, -0.1) is 0 Å². The van der Waals surface area contributed by atoms with Gasteiger partial charge in [-0.25, -0.2) is 0 Å². The first kappa shape index (κ1) is 20.5. The maximum atomic E-state index is 6.07. The van der Waals surface area contributed by atoms with E-state index in [-0.39, 0.29) is 0 Å². The topological polar surface area (TPSA) is 64.5 Å². The second-order valence-corrected chi connectivity index (χ2v) is 7.50. The summed E-state index contributed by atoms with van der Waals surface area (Å²) >= 11 is 1.65. The van der Waals surface area contributed by atoms with Crippen LogP contribution in [-0.4, -0.2) is 31.1 Å². The molecule has 142 valence electrons.